The third-order valence-electron chi connectivity index (χ3n) is 2.63. The first-order valence-electron chi connectivity index (χ1n) is 6.46. The third kappa shape index (κ3) is 5.24. The number of thiophene rings is 1. The molecule has 2 aromatic rings. The minimum Gasteiger partial charge on any atom is -0.455 e. The van der Waals surface area contributed by atoms with Gasteiger partial charge in [0.15, 0.2) is 0 Å². The first-order chi connectivity index (χ1) is 10.3. The summed E-state index contributed by atoms with van der Waals surface area (Å²) < 4.78 is 34.3. The average molecular weight is 344 g/mol. The standard InChI is InChI=1S/C13H16N2O5S2/c1-9-7-10(15-20-9)8-19-13(16)12-4-3-11(21-12)5-6-14-22(2,17)18/h3-4,7,14H,5-6,8H2,1-2H3. The topological polar surface area (TPSA) is 98.5 Å². The van der Waals surface area contributed by atoms with E-state index >= 15 is 0 Å². The molecule has 0 fully saturated rings. The molecule has 2 heterocycles. The summed E-state index contributed by atoms with van der Waals surface area (Å²) in [5.74, 6) is 0.218. The zero-order chi connectivity index (χ0) is 16.2. The Hall–Kier alpha value is -1.71. The summed E-state index contributed by atoms with van der Waals surface area (Å²) in [7, 11) is -3.19. The molecule has 0 radical (unpaired) electrons. The molecule has 1 N–H and O–H groups in total. The van der Waals surface area contributed by atoms with E-state index in [1.165, 1.54) is 11.3 Å². The second-order valence-electron chi connectivity index (χ2n) is 4.69. The van der Waals surface area contributed by atoms with E-state index in [4.69, 9.17) is 9.26 Å². The molecule has 2 rings (SSSR count). The van der Waals surface area contributed by atoms with Crippen LogP contribution < -0.4 is 4.72 Å². The SMILES string of the molecule is Cc1cc(COC(=O)c2ccc(CCNS(C)(=O)=O)s2)no1. The highest BCUT2D eigenvalue weighted by molar-refractivity contribution is 7.88. The molecule has 0 saturated carbocycles. The van der Waals surface area contributed by atoms with E-state index in [1.807, 2.05) is 0 Å². The Labute approximate surface area is 132 Å². The van der Waals surface area contributed by atoms with Crippen molar-refractivity contribution < 1.29 is 22.5 Å². The zero-order valence-corrected chi connectivity index (χ0v) is 13.8. The zero-order valence-electron chi connectivity index (χ0n) is 12.2. The van der Waals surface area contributed by atoms with Gasteiger partial charge in [-0.2, -0.15) is 0 Å². The van der Waals surface area contributed by atoms with Crippen LogP contribution in [-0.4, -0.2) is 32.3 Å². The molecular formula is C13H16N2O5S2. The third-order valence-corrected chi connectivity index (χ3v) is 4.48. The van der Waals surface area contributed by atoms with Crippen LogP contribution >= 0.6 is 11.3 Å². The molecule has 22 heavy (non-hydrogen) atoms. The van der Waals surface area contributed by atoms with Crippen molar-refractivity contribution in [1.82, 2.24) is 9.88 Å². The lowest BCUT2D eigenvalue weighted by atomic mass is 10.3. The van der Waals surface area contributed by atoms with Crippen LogP contribution in [0.1, 0.15) is 26.0 Å². The molecular weight excluding hydrogens is 328 g/mol. The number of hydrogen-bond donors (Lipinski definition) is 1. The quantitative estimate of drug-likeness (QED) is 0.764. The molecule has 0 saturated heterocycles. The van der Waals surface area contributed by atoms with Gasteiger partial charge in [0, 0.05) is 17.5 Å². The first kappa shape index (κ1) is 16.7. The van der Waals surface area contributed by atoms with E-state index in [-0.39, 0.29) is 6.61 Å². The lowest BCUT2D eigenvalue weighted by Crippen LogP contribution is -2.23. The van der Waals surface area contributed by atoms with E-state index in [0.717, 1.165) is 11.1 Å². The van der Waals surface area contributed by atoms with Crippen LogP contribution in [-0.2, 0) is 27.8 Å². The summed E-state index contributed by atoms with van der Waals surface area (Å²) in [6.07, 6.45) is 1.63. The minimum absolute atomic E-state index is 0.0546. The van der Waals surface area contributed by atoms with Crippen LogP contribution in [0.15, 0.2) is 22.7 Å². The summed E-state index contributed by atoms with van der Waals surface area (Å²) in [4.78, 5) is 13.3. The number of nitrogens with one attached hydrogen (secondary N) is 1. The van der Waals surface area contributed by atoms with Gasteiger partial charge in [0.05, 0.1) is 6.26 Å². The predicted molar refractivity (Wildman–Crippen MR) is 81.2 cm³/mol. The van der Waals surface area contributed by atoms with E-state index in [9.17, 15) is 13.2 Å². The highest BCUT2D eigenvalue weighted by atomic mass is 32.2. The Morgan fingerprint density at radius 3 is 2.86 bits per heavy atom. The largest absolute Gasteiger partial charge is 0.455 e. The number of carbonyl (C=O) groups excluding carboxylic acids is 1. The molecule has 0 bridgehead atoms. The monoisotopic (exact) mass is 344 g/mol. The van der Waals surface area contributed by atoms with Crippen molar-refractivity contribution in [3.8, 4) is 0 Å². The number of sulfonamides is 1. The van der Waals surface area contributed by atoms with Crippen LogP contribution in [0.5, 0.6) is 0 Å². The number of ether oxygens (including phenoxy) is 1. The predicted octanol–water partition coefficient (Wildman–Crippen LogP) is 1.49. The lowest BCUT2D eigenvalue weighted by Gasteiger charge is -2.00. The summed E-state index contributed by atoms with van der Waals surface area (Å²) >= 11 is 1.28. The molecule has 0 aliphatic rings. The maximum absolute atomic E-state index is 11.9. The Kier molecular flexibility index (Phi) is 5.33. The summed E-state index contributed by atoms with van der Waals surface area (Å²) in [5, 5.41) is 3.74. The van der Waals surface area contributed by atoms with Crippen molar-refractivity contribution in [3.05, 3.63) is 39.4 Å². The molecule has 0 aliphatic heterocycles. The Balaban J connectivity index is 1.83. The number of aromatic nitrogens is 1. The minimum atomic E-state index is -3.19. The summed E-state index contributed by atoms with van der Waals surface area (Å²) in [6, 6.07) is 5.15. The van der Waals surface area contributed by atoms with Gasteiger partial charge in [0.2, 0.25) is 10.0 Å². The highest BCUT2D eigenvalue weighted by Crippen LogP contribution is 2.18. The van der Waals surface area contributed by atoms with Gasteiger partial charge in [-0.1, -0.05) is 5.16 Å². The van der Waals surface area contributed by atoms with Crippen molar-refractivity contribution in [3.63, 3.8) is 0 Å². The lowest BCUT2D eigenvalue weighted by molar-refractivity contribution is 0.0470. The fourth-order valence-corrected chi connectivity index (χ4v) is 3.05. The Morgan fingerprint density at radius 1 is 1.45 bits per heavy atom. The fourth-order valence-electron chi connectivity index (χ4n) is 1.68. The van der Waals surface area contributed by atoms with Crippen molar-refractivity contribution in [1.29, 1.82) is 0 Å². The summed E-state index contributed by atoms with van der Waals surface area (Å²) in [6.45, 7) is 2.11. The number of nitrogens with zero attached hydrogens (tertiary/aromatic N) is 1. The molecule has 0 aliphatic carbocycles. The van der Waals surface area contributed by atoms with Gasteiger partial charge in [-0.05, 0) is 25.5 Å². The Bertz CT molecular complexity index is 748. The first-order valence-corrected chi connectivity index (χ1v) is 9.17. The molecule has 0 spiro atoms. The second-order valence-corrected chi connectivity index (χ2v) is 7.69. The maximum atomic E-state index is 11.9. The molecule has 0 aromatic carbocycles. The molecule has 0 unspecified atom stereocenters. The molecule has 2 aromatic heterocycles. The van der Waals surface area contributed by atoms with Crippen molar-refractivity contribution in [2.75, 3.05) is 12.8 Å². The number of esters is 1. The normalized spacial score (nSPS) is 11.5. The van der Waals surface area contributed by atoms with Crippen molar-refractivity contribution in [2.45, 2.75) is 20.0 Å². The molecule has 0 atom stereocenters. The van der Waals surface area contributed by atoms with Gasteiger partial charge >= 0.3 is 5.97 Å². The van der Waals surface area contributed by atoms with Crippen molar-refractivity contribution in [2.24, 2.45) is 0 Å². The smallest absolute Gasteiger partial charge is 0.348 e. The number of rotatable bonds is 7. The van der Waals surface area contributed by atoms with Crippen LogP contribution in [0, 0.1) is 6.92 Å². The van der Waals surface area contributed by atoms with Gasteiger partial charge in [-0.25, -0.2) is 17.9 Å². The van der Waals surface area contributed by atoms with Crippen molar-refractivity contribution >= 4 is 27.3 Å². The molecule has 7 nitrogen and oxygen atoms in total. The van der Waals surface area contributed by atoms with Gasteiger partial charge in [0.25, 0.3) is 0 Å². The van der Waals surface area contributed by atoms with Gasteiger partial charge in [-0.3, -0.25) is 0 Å². The van der Waals surface area contributed by atoms with E-state index in [0.29, 0.717) is 29.3 Å². The fraction of sp³-hybridized carbons (Fsp3) is 0.385. The van der Waals surface area contributed by atoms with Crippen LogP contribution in [0.25, 0.3) is 0 Å². The molecule has 120 valence electrons. The second kappa shape index (κ2) is 7.03. The van der Waals surface area contributed by atoms with Crippen LogP contribution in [0.2, 0.25) is 0 Å². The number of carbonyl (C=O) groups is 1. The van der Waals surface area contributed by atoms with Crippen LogP contribution in [0.3, 0.4) is 0 Å². The molecule has 9 heteroatoms. The maximum Gasteiger partial charge on any atom is 0.348 e. The highest BCUT2D eigenvalue weighted by Gasteiger charge is 2.12. The van der Waals surface area contributed by atoms with E-state index in [1.54, 1.807) is 25.1 Å². The Morgan fingerprint density at radius 2 is 2.23 bits per heavy atom. The number of hydrogen-bond acceptors (Lipinski definition) is 7. The average Bonchev–Trinajstić information content (AvgIpc) is 3.04. The van der Waals surface area contributed by atoms with Crippen LogP contribution in [0.4, 0.5) is 0 Å². The van der Waals surface area contributed by atoms with Gasteiger partial charge in [0.1, 0.15) is 22.9 Å². The van der Waals surface area contributed by atoms with Gasteiger partial charge in [-0.15, -0.1) is 11.3 Å². The van der Waals surface area contributed by atoms with Gasteiger partial charge < -0.3 is 9.26 Å². The van der Waals surface area contributed by atoms with E-state index < -0.39 is 16.0 Å². The van der Waals surface area contributed by atoms with E-state index in [2.05, 4.69) is 9.88 Å². The summed E-state index contributed by atoms with van der Waals surface area (Å²) in [5.41, 5.74) is 0.556. The molecule has 0 amide bonds. The number of aryl methyl sites for hydroxylation is 1.